The van der Waals surface area contributed by atoms with E-state index in [-0.39, 0.29) is 18.9 Å². The van der Waals surface area contributed by atoms with Gasteiger partial charge in [0.15, 0.2) is 0 Å². The number of benzene rings is 1. The minimum atomic E-state index is -4.69. The number of hydrogen-bond donors (Lipinski definition) is 0. The van der Waals surface area contributed by atoms with E-state index in [9.17, 15) is 17.1 Å². The van der Waals surface area contributed by atoms with E-state index in [1.807, 2.05) is 24.4 Å². The van der Waals surface area contributed by atoms with Crippen LogP contribution in [0.5, 0.6) is 0 Å². The van der Waals surface area contributed by atoms with Gasteiger partial charge in [-0.05, 0) is 23.8 Å². The van der Waals surface area contributed by atoms with Crippen molar-refractivity contribution in [3.8, 4) is 0 Å². The molecular formula is C14H14FN3O3S. The van der Waals surface area contributed by atoms with Crippen LogP contribution in [0.25, 0.3) is 0 Å². The highest BCUT2D eigenvalue weighted by molar-refractivity contribution is 7.87. The first-order chi connectivity index (χ1) is 10.4. The van der Waals surface area contributed by atoms with Gasteiger partial charge in [0, 0.05) is 31.0 Å². The fraction of sp³-hybridized carbons (Fsp3) is 0.286. The van der Waals surface area contributed by atoms with E-state index in [0.717, 1.165) is 5.56 Å². The van der Waals surface area contributed by atoms with Crippen LogP contribution >= 0.6 is 0 Å². The maximum Gasteiger partial charge on any atom is 0.307 e. The topological polar surface area (TPSA) is 72.3 Å². The van der Waals surface area contributed by atoms with Gasteiger partial charge < -0.3 is 4.90 Å². The quantitative estimate of drug-likeness (QED) is 0.796. The van der Waals surface area contributed by atoms with Gasteiger partial charge in [-0.1, -0.05) is 12.1 Å². The Bertz CT molecular complexity index is 772. The van der Waals surface area contributed by atoms with Gasteiger partial charge in [-0.2, -0.15) is 13.5 Å². The lowest BCUT2D eigenvalue weighted by atomic mass is 10.2. The minimum Gasteiger partial charge on any atom is -0.311 e. The molecule has 1 unspecified atom stereocenters. The van der Waals surface area contributed by atoms with Gasteiger partial charge in [-0.15, -0.1) is 3.89 Å². The van der Waals surface area contributed by atoms with Crippen molar-refractivity contribution in [2.24, 2.45) is 0 Å². The van der Waals surface area contributed by atoms with E-state index in [1.165, 1.54) is 4.90 Å². The van der Waals surface area contributed by atoms with Crippen molar-refractivity contribution >= 4 is 21.8 Å². The van der Waals surface area contributed by atoms with Crippen molar-refractivity contribution in [2.75, 3.05) is 11.4 Å². The van der Waals surface area contributed by atoms with Crippen LogP contribution in [-0.2, 0) is 21.6 Å². The zero-order chi connectivity index (χ0) is 15.7. The predicted octanol–water partition coefficient (Wildman–Crippen LogP) is 1.34. The van der Waals surface area contributed by atoms with Crippen molar-refractivity contribution in [3.63, 3.8) is 0 Å². The summed E-state index contributed by atoms with van der Waals surface area (Å²) in [5.74, 6) is -0.383. The third-order valence-corrected chi connectivity index (χ3v) is 4.75. The third kappa shape index (κ3) is 3.01. The maximum absolute atomic E-state index is 13.0. The summed E-state index contributed by atoms with van der Waals surface area (Å²) in [5, 5.41) is 2.83. The lowest BCUT2D eigenvalue weighted by Crippen LogP contribution is -2.26. The van der Waals surface area contributed by atoms with Crippen molar-refractivity contribution in [1.82, 2.24) is 9.78 Å². The van der Waals surface area contributed by atoms with E-state index >= 15 is 0 Å². The Morgan fingerprint density at radius 2 is 2.00 bits per heavy atom. The fourth-order valence-corrected chi connectivity index (χ4v) is 3.14. The highest BCUT2D eigenvalue weighted by Gasteiger charge is 2.38. The van der Waals surface area contributed by atoms with Crippen LogP contribution in [0.4, 0.5) is 9.57 Å². The van der Waals surface area contributed by atoms with Crippen LogP contribution in [-0.4, -0.2) is 35.9 Å². The van der Waals surface area contributed by atoms with Crippen LogP contribution < -0.4 is 4.90 Å². The molecule has 0 bridgehead atoms. The average Bonchev–Trinajstić information content (AvgIpc) is 3.09. The molecular weight excluding hydrogens is 309 g/mol. The van der Waals surface area contributed by atoms with E-state index in [1.54, 1.807) is 23.0 Å². The number of halogens is 1. The molecule has 0 radical (unpaired) electrons. The summed E-state index contributed by atoms with van der Waals surface area (Å²) in [4.78, 5) is 13.2. The van der Waals surface area contributed by atoms with E-state index in [0.29, 0.717) is 12.2 Å². The van der Waals surface area contributed by atoms with Crippen LogP contribution in [0.1, 0.15) is 12.0 Å². The van der Waals surface area contributed by atoms with Crippen molar-refractivity contribution < 1.29 is 17.1 Å². The smallest absolute Gasteiger partial charge is 0.307 e. The highest BCUT2D eigenvalue weighted by atomic mass is 32.3. The second-order valence-corrected chi connectivity index (χ2v) is 6.79. The van der Waals surface area contributed by atoms with E-state index in [4.69, 9.17) is 0 Å². The lowest BCUT2D eigenvalue weighted by Gasteiger charge is -2.16. The zero-order valence-electron chi connectivity index (χ0n) is 11.6. The molecule has 6 nitrogen and oxygen atoms in total. The Kier molecular flexibility index (Phi) is 3.69. The number of carbonyl (C=O) groups excluding carboxylic acids is 1. The summed E-state index contributed by atoms with van der Waals surface area (Å²) in [5.41, 5.74) is 1.56. The number of rotatable bonds is 4. The van der Waals surface area contributed by atoms with Gasteiger partial charge in [0.1, 0.15) is 5.25 Å². The van der Waals surface area contributed by atoms with Crippen molar-refractivity contribution in [2.45, 2.75) is 18.2 Å². The molecule has 0 aliphatic carbocycles. The summed E-state index contributed by atoms with van der Waals surface area (Å²) in [7, 11) is -4.69. The van der Waals surface area contributed by atoms with Crippen molar-refractivity contribution in [3.05, 3.63) is 48.3 Å². The summed E-state index contributed by atoms with van der Waals surface area (Å²) >= 11 is 0. The number of anilines is 1. The molecule has 8 heteroatoms. The Balaban J connectivity index is 1.74. The Labute approximate surface area is 127 Å². The second-order valence-electron chi connectivity index (χ2n) is 5.18. The standard InChI is InChI=1S/C14H14FN3O3S/c15-22(20,21)13-8-14(19)18(10-13)12-4-2-11(3-5-12)9-17-7-1-6-16-17/h1-7,13H,8-10H2. The van der Waals surface area contributed by atoms with Crippen LogP contribution in [0.3, 0.4) is 0 Å². The molecule has 116 valence electrons. The van der Waals surface area contributed by atoms with Gasteiger partial charge in [0.25, 0.3) is 0 Å². The molecule has 1 fully saturated rings. The molecule has 1 aliphatic rings. The number of hydrogen-bond acceptors (Lipinski definition) is 4. The number of carbonyl (C=O) groups is 1. The number of aromatic nitrogens is 2. The molecule has 3 rings (SSSR count). The maximum atomic E-state index is 13.0. The van der Waals surface area contributed by atoms with Gasteiger partial charge in [-0.3, -0.25) is 9.48 Å². The molecule has 0 spiro atoms. The van der Waals surface area contributed by atoms with Gasteiger partial charge >= 0.3 is 10.2 Å². The average molecular weight is 323 g/mol. The molecule has 22 heavy (non-hydrogen) atoms. The largest absolute Gasteiger partial charge is 0.311 e. The monoisotopic (exact) mass is 323 g/mol. The summed E-state index contributed by atoms with van der Waals surface area (Å²) in [6.07, 6.45) is 3.22. The molecule has 0 saturated carbocycles. The van der Waals surface area contributed by atoms with E-state index < -0.39 is 15.5 Å². The van der Waals surface area contributed by atoms with Gasteiger partial charge in [-0.25, -0.2) is 0 Å². The van der Waals surface area contributed by atoms with Gasteiger partial charge in [0.05, 0.1) is 6.54 Å². The van der Waals surface area contributed by atoms with Crippen LogP contribution in [0.15, 0.2) is 42.7 Å². The first-order valence-corrected chi connectivity index (χ1v) is 8.18. The van der Waals surface area contributed by atoms with Gasteiger partial charge in [0.2, 0.25) is 5.91 Å². The summed E-state index contributed by atoms with van der Waals surface area (Å²) in [6, 6.07) is 8.95. The Morgan fingerprint density at radius 3 is 2.55 bits per heavy atom. The molecule has 1 amide bonds. The molecule has 1 aliphatic heterocycles. The third-order valence-electron chi connectivity index (χ3n) is 3.64. The first-order valence-electron chi connectivity index (χ1n) is 6.74. The molecule has 1 aromatic carbocycles. The van der Waals surface area contributed by atoms with Crippen LogP contribution in [0, 0.1) is 0 Å². The Hall–Kier alpha value is -2.22. The molecule has 1 atom stereocenters. The highest BCUT2D eigenvalue weighted by Crippen LogP contribution is 2.26. The minimum absolute atomic E-state index is 0.143. The predicted molar refractivity (Wildman–Crippen MR) is 78.6 cm³/mol. The Morgan fingerprint density at radius 1 is 1.27 bits per heavy atom. The fourth-order valence-electron chi connectivity index (χ4n) is 2.48. The molecule has 2 heterocycles. The molecule has 1 aromatic heterocycles. The zero-order valence-corrected chi connectivity index (χ0v) is 12.4. The number of nitrogens with zero attached hydrogens (tertiary/aromatic N) is 3. The number of amides is 1. The normalized spacial score (nSPS) is 18.9. The molecule has 0 N–H and O–H groups in total. The first kappa shape index (κ1) is 14.7. The summed E-state index contributed by atoms with van der Waals surface area (Å²) < 4.78 is 36.6. The lowest BCUT2D eigenvalue weighted by molar-refractivity contribution is -0.117. The second kappa shape index (κ2) is 5.53. The van der Waals surface area contributed by atoms with E-state index in [2.05, 4.69) is 5.10 Å². The molecule has 1 saturated heterocycles. The summed E-state index contributed by atoms with van der Waals surface area (Å²) in [6.45, 7) is 0.457. The molecule has 2 aromatic rings. The SMILES string of the molecule is O=C1CC(S(=O)(=O)F)CN1c1ccc(Cn2cccn2)cc1. The van der Waals surface area contributed by atoms with Crippen LogP contribution in [0.2, 0.25) is 0 Å². The van der Waals surface area contributed by atoms with Crippen molar-refractivity contribution in [1.29, 1.82) is 0 Å².